The number of aryl methyl sites for hydroxylation is 2. The van der Waals surface area contributed by atoms with Gasteiger partial charge in [0.2, 0.25) is 5.88 Å². The molecule has 25 heavy (non-hydrogen) atoms. The number of carbonyl (C=O) groups is 2. The molecule has 0 radical (unpaired) electrons. The first-order valence-electron chi connectivity index (χ1n) is 8.28. The number of aromatic nitrogens is 1. The molecule has 1 aromatic heterocycles. The highest BCUT2D eigenvalue weighted by atomic mass is 16.5. The van der Waals surface area contributed by atoms with Crippen LogP contribution < -0.4 is 11.1 Å². The van der Waals surface area contributed by atoms with Crippen LogP contribution in [0, 0.1) is 6.92 Å². The van der Waals surface area contributed by atoms with Crippen molar-refractivity contribution in [2.24, 2.45) is 0 Å². The minimum Gasteiger partial charge on any atom is -0.449 e. The SMILES string of the molecule is Cc1noc(N)c1C(=O)O[C@H](C)C(=O)N[C@H]1CCCc2ccccc21. The van der Waals surface area contributed by atoms with Crippen LogP contribution >= 0.6 is 0 Å². The van der Waals surface area contributed by atoms with Gasteiger partial charge in [0.1, 0.15) is 5.56 Å². The summed E-state index contributed by atoms with van der Waals surface area (Å²) in [6, 6.07) is 8.00. The van der Waals surface area contributed by atoms with E-state index in [4.69, 9.17) is 15.0 Å². The molecule has 2 aromatic rings. The molecular weight excluding hydrogens is 322 g/mol. The normalized spacial score (nSPS) is 17.4. The summed E-state index contributed by atoms with van der Waals surface area (Å²) in [7, 11) is 0. The molecule has 1 aromatic carbocycles. The summed E-state index contributed by atoms with van der Waals surface area (Å²) >= 11 is 0. The molecule has 1 amide bonds. The van der Waals surface area contributed by atoms with E-state index < -0.39 is 12.1 Å². The summed E-state index contributed by atoms with van der Waals surface area (Å²) < 4.78 is 9.96. The van der Waals surface area contributed by atoms with Crippen LogP contribution in [0.3, 0.4) is 0 Å². The van der Waals surface area contributed by atoms with E-state index >= 15 is 0 Å². The van der Waals surface area contributed by atoms with Gasteiger partial charge < -0.3 is 20.3 Å². The van der Waals surface area contributed by atoms with E-state index in [1.165, 1.54) is 12.5 Å². The molecule has 3 N–H and O–H groups in total. The number of hydrogen-bond donors (Lipinski definition) is 2. The number of nitrogen functional groups attached to an aromatic ring is 1. The second-order valence-corrected chi connectivity index (χ2v) is 6.21. The van der Waals surface area contributed by atoms with E-state index in [1.807, 2.05) is 18.2 Å². The number of ether oxygens (including phenoxy) is 1. The number of fused-ring (bicyclic) bond motifs is 1. The minimum atomic E-state index is -0.949. The van der Waals surface area contributed by atoms with E-state index in [0.717, 1.165) is 24.8 Å². The molecule has 0 unspecified atom stereocenters. The van der Waals surface area contributed by atoms with Crippen LogP contribution in [0.2, 0.25) is 0 Å². The van der Waals surface area contributed by atoms with Crippen molar-refractivity contribution in [1.29, 1.82) is 0 Å². The number of nitrogens with one attached hydrogen (secondary N) is 1. The zero-order chi connectivity index (χ0) is 18.0. The van der Waals surface area contributed by atoms with Gasteiger partial charge in [-0.3, -0.25) is 4.79 Å². The third kappa shape index (κ3) is 3.50. The zero-order valence-electron chi connectivity index (χ0n) is 14.2. The molecule has 0 spiro atoms. The van der Waals surface area contributed by atoms with Gasteiger partial charge in [-0.05, 0) is 44.2 Å². The number of nitrogens with two attached hydrogens (primary N) is 1. The molecule has 2 atom stereocenters. The fourth-order valence-corrected chi connectivity index (χ4v) is 3.10. The number of anilines is 1. The van der Waals surface area contributed by atoms with Gasteiger partial charge in [0.15, 0.2) is 6.10 Å². The molecule has 3 rings (SSSR count). The first-order chi connectivity index (χ1) is 12.0. The van der Waals surface area contributed by atoms with Gasteiger partial charge >= 0.3 is 5.97 Å². The summed E-state index contributed by atoms with van der Waals surface area (Å²) in [6.07, 6.45) is 1.93. The number of esters is 1. The van der Waals surface area contributed by atoms with E-state index in [2.05, 4.69) is 16.5 Å². The zero-order valence-corrected chi connectivity index (χ0v) is 14.2. The van der Waals surface area contributed by atoms with Gasteiger partial charge in [0.25, 0.3) is 5.91 Å². The Morgan fingerprint density at radius 1 is 1.40 bits per heavy atom. The fourth-order valence-electron chi connectivity index (χ4n) is 3.10. The predicted octanol–water partition coefficient (Wildman–Crippen LogP) is 2.30. The summed E-state index contributed by atoms with van der Waals surface area (Å²) in [4.78, 5) is 24.6. The Hall–Kier alpha value is -2.83. The lowest BCUT2D eigenvalue weighted by Crippen LogP contribution is -2.39. The van der Waals surface area contributed by atoms with Crippen LogP contribution in [-0.2, 0) is 16.0 Å². The number of rotatable bonds is 4. The van der Waals surface area contributed by atoms with Crippen LogP contribution in [0.1, 0.15) is 53.0 Å². The topological polar surface area (TPSA) is 107 Å². The molecule has 1 heterocycles. The monoisotopic (exact) mass is 343 g/mol. The van der Waals surface area contributed by atoms with Crippen LogP contribution in [-0.4, -0.2) is 23.1 Å². The third-order valence-electron chi connectivity index (χ3n) is 4.43. The van der Waals surface area contributed by atoms with Gasteiger partial charge in [0, 0.05) is 0 Å². The quantitative estimate of drug-likeness (QED) is 0.825. The van der Waals surface area contributed by atoms with Crippen molar-refractivity contribution in [2.45, 2.75) is 45.3 Å². The number of carbonyl (C=O) groups excluding carboxylic acids is 2. The Kier molecular flexibility index (Phi) is 4.74. The summed E-state index contributed by atoms with van der Waals surface area (Å²) in [6.45, 7) is 3.11. The highest BCUT2D eigenvalue weighted by molar-refractivity contribution is 5.96. The Balaban J connectivity index is 1.65. The van der Waals surface area contributed by atoms with E-state index in [-0.39, 0.29) is 23.4 Å². The minimum absolute atomic E-state index is 0.0580. The van der Waals surface area contributed by atoms with Gasteiger partial charge in [-0.1, -0.05) is 29.4 Å². The fraction of sp³-hybridized carbons (Fsp3) is 0.389. The van der Waals surface area contributed by atoms with Gasteiger partial charge in [-0.2, -0.15) is 0 Å². The number of hydrogen-bond acceptors (Lipinski definition) is 6. The van der Waals surface area contributed by atoms with Crippen LogP contribution in [0.5, 0.6) is 0 Å². The van der Waals surface area contributed by atoms with Crippen molar-refractivity contribution in [3.05, 3.63) is 46.6 Å². The van der Waals surface area contributed by atoms with Crippen LogP contribution in [0.25, 0.3) is 0 Å². The van der Waals surface area contributed by atoms with Crippen molar-refractivity contribution in [3.8, 4) is 0 Å². The molecule has 0 aliphatic heterocycles. The van der Waals surface area contributed by atoms with Crippen molar-refractivity contribution >= 4 is 17.8 Å². The van der Waals surface area contributed by atoms with Gasteiger partial charge in [0.05, 0.1) is 11.7 Å². The molecule has 0 saturated heterocycles. The second kappa shape index (κ2) is 6.96. The molecule has 1 aliphatic rings. The molecule has 0 bridgehead atoms. The van der Waals surface area contributed by atoms with Crippen LogP contribution in [0.15, 0.2) is 28.8 Å². The lowest BCUT2D eigenvalue weighted by Gasteiger charge is -2.27. The highest BCUT2D eigenvalue weighted by Crippen LogP contribution is 2.29. The van der Waals surface area contributed by atoms with Crippen molar-refractivity contribution < 1.29 is 18.8 Å². The molecule has 0 saturated carbocycles. The number of nitrogens with zero attached hydrogens (tertiary/aromatic N) is 1. The number of amides is 1. The Labute approximate surface area is 145 Å². The van der Waals surface area contributed by atoms with Crippen molar-refractivity contribution in [2.75, 3.05) is 5.73 Å². The molecule has 0 fully saturated rings. The average molecular weight is 343 g/mol. The highest BCUT2D eigenvalue weighted by Gasteiger charge is 2.27. The molecule has 7 nitrogen and oxygen atoms in total. The van der Waals surface area contributed by atoms with Gasteiger partial charge in [-0.25, -0.2) is 4.79 Å². The van der Waals surface area contributed by atoms with E-state index in [0.29, 0.717) is 5.69 Å². The maximum absolute atomic E-state index is 12.4. The summed E-state index contributed by atoms with van der Waals surface area (Å²) in [5, 5.41) is 6.57. The smallest absolute Gasteiger partial charge is 0.346 e. The summed E-state index contributed by atoms with van der Waals surface area (Å²) in [5.41, 5.74) is 8.33. The third-order valence-corrected chi connectivity index (χ3v) is 4.43. The largest absolute Gasteiger partial charge is 0.449 e. The predicted molar refractivity (Wildman–Crippen MR) is 90.8 cm³/mol. The average Bonchev–Trinajstić information content (AvgIpc) is 2.93. The van der Waals surface area contributed by atoms with Crippen molar-refractivity contribution in [1.82, 2.24) is 10.5 Å². The lowest BCUT2D eigenvalue weighted by molar-refractivity contribution is -0.130. The first kappa shape index (κ1) is 17.0. The summed E-state index contributed by atoms with van der Waals surface area (Å²) in [5.74, 6) is -1.18. The Bertz CT molecular complexity index is 780. The van der Waals surface area contributed by atoms with Crippen LogP contribution in [0.4, 0.5) is 5.88 Å². The molecular formula is C18H21N3O4. The lowest BCUT2D eigenvalue weighted by atomic mass is 9.87. The van der Waals surface area contributed by atoms with E-state index in [9.17, 15) is 9.59 Å². The van der Waals surface area contributed by atoms with E-state index in [1.54, 1.807) is 6.92 Å². The Morgan fingerprint density at radius 2 is 2.16 bits per heavy atom. The standard InChI is InChI=1S/C18H21N3O4/c1-10-15(16(19)25-21-10)18(23)24-11(2)17(22)20-14-9-5-7-12-6-3-4-8-13(12)14/h3-4,6,8,11,14H,5,7,9,19H2,1-2H3,(H,20,22)/t11-,14+/m1/s1. The number of benzene rings is 1. The Morgan fingerprint density at radius 3 is 2.88 bits per heavy atom. The second-order valence-electron chi connectivity index (χ2n) is 6.21. The maximum atomic E-state index is 12.4. The molecule has 7 heteroatoms. The molecule has 1 aliphatic carbocycles. The molecule has 132 valence electrons. The maximum Gasteiger partial charge on any atom is 0.346 e. The van der Waals surface area contributed by atoms with Crippen molar-refractivity contribution in [3.63, 3.8) is 0 Å². The van der Waals surface area contributed by atoms with Gasteiger partial charge in [-0.15, -0.1) is 0 Å². The first-order valence-corrected chi connectivity index (χ1v) is 8.28.